The number of piperidine rings is 2. The van der Waals surface area contributed by atoms with Crippen molar-refractivity contribution in [2.45, 2.75) is 44.8 Å². The lowest BCUT2D eigenvalue weighted by Crippen LogP contribution is -2.36. The molecule has 41 heavy (non-hydrogen) atoms. The summed E-state index contributed by atoms with van der Waals surface area (Å²) in [6, 6.07) is 10.4. The van der Waals surface area contributed by atoms with E-state index in [1.807, 2.05) is 18.3 Å². The van der Waals surface area contributed by atoms with Crippen molar-refractivity contribution in [2.24, 2.45) is 0 Å². The lowest BCUT2D eigenvalue weighted by atomic mass is 10.0. The van der Waals surface area contributed by atoms with E-state index in [0.717, 1.165) is 59.9 Å². The zero-order valence-electron chi connectivity index (χ0n) is 22.7. The predicted octanol–water partition coefficient (Wildman–Crippen LogP) is 4.22. The molecule has 1 aromatic carbocycles. The number of carbonyl (C=O) groups excluding carboxylic acids is 1. The van der Waals surface area contributed by atoms with Gasteiger partial charge in [0.2, 0.25) is 0 Å². The summed E-state index contributed by atoms with van der Waals surface area (Å²) >= 11 is 0. The van der Waals surface area contributed by atoms with Crippen LogP contribution in [0.15, 0.2) is 55.0 Å². The number of hydrogen-bond acceptors (Lipinski definition) is 8. The van der Waals surface area contributed by atoms with Crippen molar-refractivity contribution < 1.29 is 19.8 Å². The number of carbonyl (C=O) groups is 2. The zero-order chi connectivity index (χ0) is 28.3. The van der Waals surface area contributed by atoms with Gasteiger partial charge in [0, 0.05) is 43.0 Å². The molecule has 0 spiro atoms. The molecular formula is C30H33N7O4. The van der Waals surface area contributed by atoms with Gasteiger partial charge in [0.05, 0.1) is 23.5 Å². The number of carboxylic acid groups (broad SMARTS) is 1. The maximum Gasteiger partial charge on any atom is 0.357 e. The molecule has 0 unspecified atom stereocenters. The number of amides is 1. The first-order valence-electron chi connectivity index (χ1n) is 14.1. The van der Waals surface area contributed by atoms with Crippen molar-refractivity contribution in [3.8, 4) is 11.1 Å². The Bertz CT molecular complexity index is 1560. The second kappa shape index (κ2) is 11.6. The molecule has 11 heteroatoms. The minimum atomic E-state index is -1.21. The van der Waals surface area contributed by atoms with E-state index >= 15 is 0 Å². The topological polar surface area (TPSA) is 137 Å². The van der Waals surface area contributed by atoms with Gasteiger partial charge in [-0.15, -0.1) is 0 Å². The number of rotatable bonds is 6. The Morgan fingerprint density at radius 3 is 2.46 bits per heavy atom. The average Bonchev–Trinajstić information content (AvgIpc) is 3.38. The predicted molar refractivity (Wildman–Crippen MR) is 155 cm³/mol. The largest absolute Gasteiger partial charge is 0.476 e. The van der Waals surface area contributed by atoms with Gasteiger partial charge < -0.3 is 20.4 Å². The Morgan fingerprint density at radius 1 is 0.927 bits per heavy atom. The van der Waals surface area contributed by atoms with Crippen molar-refractivity contribution in [3.05, 3.63) is 66.2 Å². The highest BCUT2D eigenvalue weighted by atomic mass is 16.4. The van der Waals surface area contributed by atoms with Crippen LogP contribution in [0.4, 0.5) is 16.3 Å². The van der Waals surface area contributed by atoms with Gasteiger partial charge in [-0.1, -0.05) is 12.5 Å². The molecule has 0 bridgehead atoms. The molecule has 2 aliphatic heterocycles. The van der Waals surface area contributed by atoms with Crippen LogP contribution >= 0.6 is 0 Å². The molecule has 0 radical (unpaired) electrons. The van der Waals surface area contributed by atoms with E-state index in [9.17, 15) is 19.8 Å². The summed E-state index contributed by atoms with van der Waals surface area (Å²) in [4.78, 5) is 38.7. The zero-order valence-corrected chi connectivity index (χ0v) is 22.7. The van der Waals surface area contributed by atoms with E-state index in [1.165, 1.54) is 19.3 Å². The quantitative estimate of drug-likeness (QED) is 0.319. The number of nitrogens with one attached hydrogen (secondary N) is 1. The highest BCUT2D eigenvalue weighted by Crippen LogP contribution is 2.28. The SMILES string of the molecule is O=C(O)c1nn(C(=O)Nc2ccc(N3CCC(O)CC3)nc2)c2ccc(-c3cncc(CN4CCCCC4)c3)cc12. The summed E-state index contributed by atoms with van der Waals surface area (Å²) in [5.74, 6) is -0.442. The molecule has 2 saturated heterocycles. The van der Waals surface area contributed by atoms with Gasteiger partial charge in [-0.3, -0.25) is 9.88 Å². The van der Waals surface area contributed by atoms with E-state index in [2.05, 4.69) is 36.2 Å². The second-order valence-electron chi connectivity index (χ2n) is 10.8. The Morgan fingerprint density at radius 2 is 1.73 bits per heavy atom. The molecule has 2 fully saturated rings. The molecule has 6 rings (SSSR count). The lowest BCUT2D eigenvalue weighted by Gasteiger charge is -2.30. The third kappa shape index (κ3) is 5.91. The third-order valence-electron chi connectivity index (χ3n) is 7.85. The van der Waals surface area contributed by atoms with Crippen molar-refractivity contribution in [2.75, 3.05) is 36.4 Å². The van der Waals surface area contributed by atoms with E-state index in [-0.39, 0.29) is 11.8 Å². The third-order valence-corrected chi connectivity index (χ3v) is 7.85. The van der Waals surface area contributed by atoms with Crippen LogP contribution in [0.25, 0.3) is 22.0 Å². The maximum absolute atomic E-state index is 13.2. The number of fused-ring (bicyclic) bond motifs is 1. The van der Waals surface area contributed by atoms with E-state index in [4.69, 9.17) is 0 Å². The van der Waals surface area contributed by atoms with Crippen molar-refractivity contribution in [1.29, 1.82) is 0 Å². The van der Waals surface area contributed by atoms with Gasteiger partial charge in [-0.05, 0) is 80.2 Å². The number of pyridine rings is 2. The number of anilines is 2. The fourth-order valence-electron chi connectivity index (χ4n) is 5.64. The molecule has 2 aliphatic rings. The Labute approximate surface area is 237 Å². The molecule has 3 N–H and O–H groups in total. The number of aliphatic hydroxyl groups is 1. The molecule has 0 atom stereocenters. The molecule has 0 saturated carbocycles. The van der Waals surface area contributed by atoms with Crippen LogP contribution in [0.2, 0.25) is 0 Å². The number of benzene rings is 1. The summed E-state index contributed by atoms with van der Waals surface area (Å²) in [6.07, 6.45) is 10.0. The molecule has 1 amide bonds. The van der Waals surface area contributed by atoms with Gasteiger partial charge in [0.1, 0.15) is 5.82 Å². The van der Waals surface area contributed by atoms with Crippen molar-refractivity contribution in [3.63, 3.8) is 0 Å². The van der Waals surface area contributed by atoms with Gasteiger partial charge in [-0.25, -0.2) is 14.6 Å². The van der Waals surface area contributed by atoms with Crippen LogP contribution in [0.5, 0.6) is 0 Å². The van der Waals surface area contributed by atoms with Crippen LogP contribution in [0.3, 0.4) is 0 Å². The van der Waals surface area contributed by atoms with Crippen LogP contribution < -0.4 is 10.2 Å². The highest BCUT2D eigenvalue weighted by Gasteiger charge is 2.22. The van der Waals surface area contributed by atoms with E-state index in [1.54, 1.807) is 30.6 Å². The van der Waals surface area contributed by atoms with Crippen LogP contribution in [-0.4, -0.2) is 79.1 Å². The highest BCUT2D eigenvalue weighted by molar-refractivity contribution is 6.06. The van der Waals surface area contributed by atoms with Crippen LogP contribution in [0, 0.1) is 0 Å². The summed E-state index contributed by atoms with van der Waals surface area (Å²) in [6.45, 7) is 4.44. The first-order chi connectivity index (χ1) is 19.9. The Kier molecular flexibility index (Phi) is 7.62. The smallest absolute Gasteiger partial charge is 0.357 e. The van der Waals surface area contributed by atoms with Gasteiger partial charge in [0.15, 0.2) is 5.69 Å². The fourth-order valence-corrected chi connectivity index (χ4v) is 5.64. The van der Waals surface area contributed by atoms with Crippen molar-refractivity contribution in [1.82, 2.24) is 24.6 Å². The molecule has 212 valence electrons. The fraction of sp³-hybridized carbons (Fsp3) is 0.367. The Balaban J connectivity index is 1.22. The van der Waals surface area contributed by atoms with E-state index in [0.29, 0.717) is 29.4 Å². The molecule has 3 aromatic heterocycles. The van der Waals surface area contributed by atoms with E-state index < -0.39 is 12.0 Å². The van der Waals surface area contributed by atoms with Crippen LogP contribution in [0.1, 0.15) is 48.2 Å². The molecule has 11 nitrogen and oxygen atoms in total. The average molecular weight is 556 g/mol. The normalized spacial score (nSPS) is 16.7. The minimum Gasteiger partial charge on any atom is -0.476 e. The van der Waals surface area contributed by atoms with Gasteiger partial charge in [0.25, 0.3) is 0 Å². The van der Waals surface area contributed by atoms with Gasteiger partial charge >= 0.3 is 12.0 Å². The summed E-state index contributed by atoms with van der Waals surface area (Å²) in [5.41, 5.74) is 3.44. The summed E-state index contributed by atoms with van der Waals surface area (Å²) < 4.78 is 1.08. The number of carboxylic acids is 1. The summed E-state index contributed by atoms with van der Waals surface area (Å²) in [5, 5.41) is 26.9. The van der Waals surface area contributed by atoms with Crippen molar-refractivity contribution >= 4 is 34.4 Å². The second-order valence-corrected chi connectivity index (χ2v) is 10.8. The summed E-state index contributed by atoms with van der Waals surface area (Å²) in [7, 11) is 0. The number of aromatic carboxylic acids is 1. The monoisotopic (exact) mass is 555 g/mol. The maximum atomic E-state index is 13.2. The first kappa shape index (κ1) is 26.9. The van der Waals surface area contributed by atoms with Crippen LogP contribution in [-0.2, 0) is 6.54 Å². The van der Waals surface area contributed by atoms with Gasteiger partial charge in [-0.2, -0.15) is 9.78 Å². The first-order valence-corrected chi connectivity index (χ1v) is 14.1. The number of likely N-dealkylation sites (tertiary alicyclic amines) is 1. The standard InChI is InChI=1S/C30H33N7O4/c38-24-8-12-36(13-9-24)27-7-5-23(18-32-27)33-30(41)37-26-6-4-21(15-25(26)28(34-37)29(39)40)22-14-20(16-31-17-22)19-35-10-2-1-3-11-35/h4-7,14-18,24,38H,1-3,8-13,19H2,(H,33,41)(H,39,40). The molecule has 0 aliphatic carbocycles. The molecular weight excluding hydrogens is 522 g/mol. The minimum absolute atomic E-state index is 0.199. The Hall–Kier alpha value is -4.35. The lowest BCUT2D eigenvalue weighted by molar-refractivity contribution is 0.0692. The number of aliphatic hydroxyl groups excluding tert-OH is 1. The number of aromatic nitrogens is 4. The molecule has 4 aromatic rings. The molecule has 5 heterocycles. The number of nitrogens with zero attached hydrogens (tertiary/aromatic N) is 6. The number of hydrogen-bond donors (Lipinski definition) is 3.